The molecular formula is C64H74Cl2N10O7S. The van der Waals surface area contributed by atoms with Gasteiger partial charge in [-0.2, -0.15) is 13.5 Å². The Morgan fingerprint density at radius 2 is 1.64 bits per heavy atom. The standard InChI is InChI=1S/C64H74Cl2N10O7S/c1-34(2)67-33-48-45-15-14-43(29-51(45)71-60(48)53-31-55(81-11)52(70-53)30-50-35(3)25-38(6)69-50)28-39(7)76-22-20-42(21-23-76)32-68-63(77)54-18-19-56(83-54)84(79,80)74-64(78)62-46(13-12-24-82-44-26-36(4)59(66)37(5)27-44)47-16-17-49(65)58(61(47)72-62)57-40(8)73-75(10)41(57)9/h14-19,25-27,29-31,34,39,42,67,69-70,72H,12-13,20-24,28,32-33H2,1-11H3,(H,68,77)(H,74,78)/b52-30-,60-53?. The molecule has 1 saturated heterocycles. The smallest absolute Gasteiger partial charge is 0.297 e. The van der Waals surface area contributed by atoms with E-state index in [2.05, 4.69) is 105 Å². The number of benzene rings is 3. The Labute approximate surface area is 499 Å². The van der Waals surface area contributed by atoms with E-state index in [0.29, 0.717) is 76.4 Å². The Kier molecular flexibility index (Phi) is 17.6. The van der Waals surface area contributed by atoms with Crippen molar-refractivity contribution in [3.63, 3.8) is 0 Å². The van der Waals surface area contributed by atoms with E-state index in [-0.39, 0.29) is 23.4 Å². The fourth-order valence-corrected chi connectivity index (χ4v) is 13.0. The molecule has 0 spiro atoms. The molecule has 84 heavy (non-hydrogen) atoms. The third-order valence-corrected chi connectivity index (χ3v) is 18.4. The van der Waals surface area contributed by atoms with E-state index in [9.17, 15) is 18.0 Å². The number of furan rings is 1. The molecule has 0 saturated carbocycles. The lowest BCUT2D eigenvalue weighted by molar-refractivity contribution is 0.0894. The first-order valence-electron chi connectivity index (χ1n) is 28.6. The molecule has 6 N–H and O–H groups in total. The van der Waals surface area contributed by atoms with Gasteiger partial charge in [-0.15, -0.1) is 0 Å². The number of sulfonamides is 1. The lowest BCUT2D eigenvalue weighted by Gasteiger charge is -2.36. The number of halogens is 2. The Morgan fingerprint density at radius 3 is 2.32 bits per heavy atom. The van der Waals surface area contributed by atoms with E-state index in [0.717, 1.165) is 116 Å². The van der Waals surface area contributed by atoms with Gasteiger partial charge in [0.25, 0.3) is 21.8 Å². The number of carbonyl (C=O) groups excluding carboxylic acids is 2. The van der Waals surface area contributed by atoms with Crippen molar-refractivity contribution in [3.05, 3.63) is 160 Å². The molecule has 2 amide bonds. The van der Waals surface area contributed by atoms with Crippen molar-refractivity contribution in [2.24, 2.45) is 18.0 Å². The molecule has 17 nitrogen and oxygen atoms in total. The van der Waals surface area contributed by atoms with Gasteiger partial charge in [0.2, 0.25) is 5.09 Å². The largest absolute Gasteiger partial charge is 0.494 e. The number of hydrogen-bond donors (Lipinski definition) is 6. The molecule has 3 aromatic carbocycles. The van der Waals surface area contributed by atoms with Crippen molar-refractivity contribution in [2.75, 3.05) is 39.9 Å². The maximum Gasteiger partial charge on any atom is 0.297 e. The molecule has 0 aliphatic carbocycles. The predicted octanol–water partition coefficient (Wildman–Crippen LogP) is 8.61. The fraction of sp³-hybridized carbons (Fsp3) is 0.375. The molecule has 1 fully saturated rings. The van der Waals surface area contributed by atoms with Crippen LogP contribution in [0, 0.1) is 47.5 Å². The first kappa shape index (κ1) is 59.8. The van der Waals surface area contributed by atoms with E-state index < -0.39 is 26.9 Å². The van der Waals surface area contributed by atoms with Gasteiger partial charge in [0, 0.05) is 87.7 Å². The number of aromatic amines is 3. The molecule has 5 aromatic heterocycles. The highest BCUT2D eigenvalue weighted by Gasteiger charge is 2.30. The van der Waals surface area contributed by atoms with E-state index in [4.69, 9.17) is 42.1 Å². The number of aromatic nitrogens is 5. The van der Waals surface area contributed by atoms with E-state index >= 15 is 0 Å². The second-order valence-corrected chi connectivity index (χ2v) is 25.2. The maximum absolute atomic E-state index is 14.3. The summed E-state index contributed by atoms with van der Waals surface area (Å²) < 4.78 is 49.4. The van der Waals surface area contributed by atoms with Crippen LogP contribution in [-0.4, -0.2) is 102 Å². The van der Waals surface area contributed by atoms with E-state index in [1.165, 1.54) is 17.7 Å². The van der Waals surface area contributed by atoms with Crippen molar-refractivity contribution in [3.8, 4) is 22.6 Å². The van der Waals surface area contributed by atoms with Gasteiger partial charge in [-0.1, -0.05) is 55.2 Å². The quantitative estimate of drug-likeness (QED) is 0.0400. The van der Waals surface area contributed by atoms with Gasteiger partial charge in [-0.05, 0) is 176 Å². The predicted molar refractivity (Wildman–Crippen MR) is 330 cm³/mol. The van der Waals surface area contributed by atoms with Crippen LogP contribution in [0.25, 0.3) is 39.4 Å². The summed E-state index contributed by atoms with van der Waals surface area (Å²) in [6.45, 7) is 21.4. The summed E-state index contributed by atoms with van der Waals surface area (Å²) in [4.78, 5) is 45.8. The van der Waals surface area contributed by atoms with Crippen molar-refractivity contribution in [2.45, 2.75) is 112 Å². The second kappa shape index (κ2) is 24.7. The molecule has 20 heteroatoms. The van der Waals surface area contributed by atoms with Crippen LogP contribution in [0.15, 0.2) is 81.2 Å². The number of aryl methyl sites for hydroxylation is 7. The fourth-order valence-electron chi connectivity index (χ4n) is 11.7. The lowest BCUT2D eigenvalue weighted by atomic mass is 9.94. The van der Waals surface area contributed by atoms with Crippen molar-refractivity contribution >= 4 is 73.3 Å². The van der Waals surface area contributed by atoms with Gasteiger partial charge in [0.15, 0.2) is 5.76 Å². The number of amides is 2. The minimum atomic E-state index is -4.60. The Bertz CT molecular complexity index is 4210. The van der Waals surface area contributed by atoms with Crippen molar-refractivity contribution in [1.29, 1.82) is 0 Å². The molecule has 7 heterocycles. The molecule has 0 bridgehead atoms. The van der Waals surface area contributed by atoms with Gasteiger partial charge < -0.3 is 44.4 Å². The van der Waals surface area contributed by atoms with Crippen LogP contribution in [0.1, 0.15) is 112 Å². The number of rotatable bonds is 20. The van der Waals surface area contributed by atoms with Gasteiger partial charge in [0.1, 0.15) is 17.2 Å². The molecule has 2 aliphatic rings. The lowest BCUT2D eigenvalue weighted by Crippen LogP contribution is -2.43. The summed E-state index contributed by atoms with van der Waals surface area (Å²) in [7, 11) is -1.07. The SMILES string of the molecule is COc1cc(=C2N=c3cc(CC(C)N4CCC(CNC(=O)c5ccc(S(=O)(=O)NC(=O)c6[nH]c7c(-c8c(C)nn(C)c8C)c(Cl)ccc7c6CCCOc6cc(C)c(Cl)c(C)c6)o5)CC4)ccc3=C2CNC(C)C)[nH]/c1=C\c1[nH]c(C)cc1C. The average molecular weight is 1200 g/mol. The molecule has 8 aromatic rings. The highest BCUT2D eigenvalue weighted by molar-refractivity contribution is 7.90. The van der Waals surface area contributed by atoms with Crippen LogP contribution in [0.2, 0.25) is 10.0 Å². The number of fused-ring (bicyclic) bond motifs is 2. The number of likely N-dealkylation sites (tertiary alicyclic amines) is 1. The Hall–Kier alpha value is -7.35. The van der Waals surface area contributed by atoms with Gasteiger partial charge >= 0.3 is 0 Å². The van der Waals surface area contributed by atoms with Crippen LogP contribution in [0.4, 0.5) is 0 Å². The molecule has 2 aliphatic heterocycles. The highest BCUT2D eigenvalue weighted by Crippen LogP contribution is 2.40. The van der Waals surface area contributed by atoms with Crippen LogP contribution in [-0.2, 0) is 29.9 Å². The number of hydrogen-bond acceptors (Lipinski definition) is 11. The van der Waals surface area contributed by atoms with Crippen molar-refractivity contribution in [1.82, 2.24) is 45.0 Å². The van der Waals surface area contributed by atoms with Crippen LogP contribution in [0.3, 0.4) is 0 Å². The summed E-state index contributed by atoms with van der Waals surface area (Å²) in [5.41, 5.74) is 12.5. The molecule has 10 rings (SSSR count). The third-order valence-electron chi connectivity index (χ3n) is 16.3. The minimum Gasteiger partial charge on any atom is -0.494 e. The number of methoxy groups -OCH3 is 1. The minimum absolute atomic E-state index is 0.0340. The molecule has 442 valence electrons. The van der Waals surface area contributed by atoms with E-state index in [1.54, 1.807) is 17.9 Å². The number of nitrogens with zero attached hydrogens (tertiary/aromatic N) is 4. The van der Waals surface area contributed by atoms with E-state index in [1.807, 2.05) is 59.0 Å². The van der Waals surface area contributed by atoms with Crippen LogP contribution >= 0.6 is 23.2 Å². The Morgan fingerprint density at radius 1 is 0.893 bits per heavy atom. The topological polar surface area (TPSA) is 217 Å². The normalized spacial score (nSPS) is 15.3. The van der Waals surface area contributed by atoms with Gasteiger partial charge in [-0.25, -0.2) is 9.71 Å². The Balaban J connectivity index is 0.775. The second-order valence-electron chi connectivity index (χ2n) is 22.8. The zero-order valence-electron chi connectivity index (χ0n) is 49.5. The van der Waals surface area contributed by atoms with Crippen LogP contribution < -0.4 is 46.1 Å². The number of H-pyrrole nitrogens is 3. The number of nitrogens with one attached hydrogen (secondary N) is 6. The maximum atomic E-state index is 14.3. The highest BCUT2D eigenvalue weighted by atomic mass is 35.5. The summed E-state index contributed by atoms with van der Waals surface area (Å²) >= 11 is 13.3. The summed E-state index contributed by atoms with van der Waals surface area (Å²) in [6.07, 6.45) is 5.49. The summed E-state index contributed by atoms with van der Waals surface area (Å²) in [6, 6.07) is 21.2. The molecule has 1 unspecified atom stereocenters. The summed E-state index contributed by atoms with van der Waals surface area (Å²) in [5.74, 6) is -0.0217. The summed E-state index contributed by atoms with van der Waals surface area (Å²) in [5, 5.41) is 16.2. The zero-order chi connectivity index (χ0) is 59.9. The monoisotopic (exact) mass is 1200 g/mol. The van der Waals surface area contributed by atoms with Gasteiger partial charge in [0.05, 0.1) is 51.7 Å². The van der Waals surface area contributed by atoms with Gasteiger partial charge in [-0.3, -0.25) is 14.3 Å². The molecule has 1 atom stereocenters. The first-order valence-corrected chi connectivity index (χ1v) is 30.8. The number of piperidine rings is 1. The zero-order valence-corrected chi connectivity index (χ0v) is 51.9. The van der Waals surface area contributed by atoms with Crippen LogP contribution in [0.5, 0.6) is 11.5 Å². The number of ether oxygens (including phenoxy) is 2. The van der Waals surface area contributed by atoms with Crippen molar-refractivity contribution < 1.29 is 31.9 Å². The molecule has 0 radical (unpaired) electrons. The average Bonchev–Trinajstić information content (AvgIpc) is 4.52. The number of carbonyl (C=O) groups is 2. The third kappa shape index (κ3) is 12.5. The first-order chi connectivity index (χ1) is 40.1. The molecular weight excluding hydrogens is 1120 g/mol.